The average Bonchev–Trinajstić information content (AvgIpc) is 2.38. The number of nitrogens with zero attached hydrogens (tertiary/aromatic N) is 3. The largest absolute Gasteiger partial charge is 0.369 e. The number of nitrogens with one attached hydrogen (secondary N) is 1. The van der Waals surface area contributed by atoms with Gasteiger partial charge in [-0.1, -0.05) is 23.2 Å². The third-order valence-electron chi connectivity index (χ3n) is 2.19. The fraction of sp³-hybridized carbons (Fsp3) is 0.250. The van der Waals surface area contributed by atoms with E-state index in [2.05, 4.69) is 20.3 Å². The fourth-order valence-electron chi connectivity index (χ4n) is 1.33. The Kier molecular flexibility index (Phi) is 4.85. The molecule has 0 aromatic carbocycles. The predicted octanol–water partition coefficient (Wildman–Crippen LogP) is 4.07. The number of aryl methyl sites for hydroxylation is 1. The molecule has 2 heterocycles. The molecule has 2 aromatic heterocycles. The molecule has 0 fully saturated rings. The van der Waals surface area contributed by atoms with Crippen LogP contribution in [0.1, 0.15) is 12.5 Å². The first-order chi connectivity index (χ1) is 9.10. The molecule has 0 amide bonds. The quantitative estimate of drug-likeness (QED) is 0.862. The average molecular weight is 315 g/mol. The summed E-state index contributed by atoms with van der Waals surface area (Å²) in [5, 5.41) is 5.30. The van der Waals surface area contributed by atoms with E-state index in [1.54, 1.807) is 18.5 Å². The third-order valence-corrected chi connectivity index (χ3v) is 3.77. The highest BCUT2D eigenvalue weighted by Crippen LogP contribution is 2.34. The van der Waals surface area contributed by atoms with Gasteiger partial charge in [-0.2, -0.15) is 0 Å². The Bertz CT molecular complexity index is 575. The summed E-state index contributed by atoms with van der Waals surface area (Å²) in [4.78, 5) is 12.8. The molecular formula is C12H12Cl2N4S. The van der Waals surface area contributed by atoms with Gasteiger partial charge in [0, 0.05) is 18.9 Å². The van der Waals surface area contributed by atoms with Gasteiger partial charge in [0.05, 0.1) is 10.0 Å². The second kappa shape index (κ2) is 6.41. The van der Waals surface area contributed by atoms with Gasteiger partial charge in [-0.05, 0) is 37.2 Å². The van der Waals surface area contributed by atoms with Crippen molar-refractivity contribution in [3.63, 3.8) is 0 Å². The summed E-state index contributed by atoms with van der Waals surface area (Å²) in [5.74, 6) is 0.614. The molecule has 0 aliphatic carbocycles. The first-order valence-corrected chi connectivity index (χ1v) is 7.23. The zero-order chi connectivity index (χ0) is 13.8. The Morgan fingerprint density at radius 1 is 1.21 bits per heavy atom. The molecule has 4 nitrogen and oxygen atoms in total. The topological polar surface area (TPSA) is 50.7 Å². The molecule has 2 aromatic rings. The van der Waals surface area contributed by atoms with Crippen molar-refractivity contribution in [2.75, 3.05) is 11.9 Å². The van der Waals surface area contributed by atoms with Crippen LogP contribution in [-0.4, -0.2) is 21.5 Å². The Hall–Kier alpha value is -1.04. The second-order valence-electron chi connectivity index (χ2n) is 3.78. The standard InChI is InChI=1S/C12H12Cl2N4S/c1-3-15-10-8(13)4-9(14)11(18-10)19-12-16-5-7(2)6-17-12/h4-6H,3H2,1-2H3,(H,15,18). The van der Waals surface area contributed by atoms with Crippen LogP contribution in [0.3, 0.4) is 0 Å². The Labute approximate surface area is 126 Å². The summed E-state index contributed by atoms with van der Waals surface area (Å²) in [7, 11) is 0. The van der Waals surface area contributed by atoms with E-state index in [0.29, 0.717) is 26.0 Å². The molecule has 0 saturated heterocycles. The molecule has 7 heteroatoms. The lowest BCUT2D eigenvalue weighted by molar-refractivity contribution is 0.944. The summed E-state index contributed by atoms with van der Waals surface area (Å²) >= 11 is 13.5. The number of rotatable bonds is 4. The highest BCUT2D eigenvalue weighted by atomic mass is 35.5. The first kappa shape index (κ1) is 14.4. The minimum Gasteiger partial charge on any atom is -0.369 e. The summed E-state index contributed by atoms with van der Waals surface area (Å²) in [6, 6.07) is 1.67. The minimum absolute atomic E-state index is 0.487. The fourth-order valence-corrected chi connectivity index (χ4v) is 2.55. The van der Waals surface area contributed by atoms with Crippen molar-refractivity contribution < 1.29 is 0 Å². The molecule has 2 rings (SSSR count). The Balaban J connectivity index is 2.28. The maximum absolute atomic E-state index is 6.13. The highest BCUT2D eigenvalue weighted by molar-refractivity contribution is 7.99. The van der Waals surface area contributed by atoms with Crippen molar-refractivity contribution in [1.29, 1.82) is 0 Å². The van der Waals surface area contributed by atoms with Crippen LogP contribution >= 0.6 is 35.0 Å². The lowest BCUT2D eigenvalue weighted by Gasteiger charge is -2.08. The molecule has 0 aliphatic rings. The van der Waals surface area contributed by atoms with E-state index in [1.807, 2.05) is 13.8 Å². The SMILES string of the molecule is CCNc1nc(Sc2ncc(C)cn2)c(Cl)cc1Cl. The molecule has 0 unspecified atom stereocenters. The molecule has 0 bridgehead atoms. The molecule has 0 atom stereocenters. The lowest BCUT2D eigenvalue weighted by atomic mass is 10.4. The van der Waals surface area contributed by atoms with Gasteiger partial charge in [-0.3, -0.25) is 0 Å². The maximum atomic E-state index is 6.13. The summed E-state index contributed by atoms with van der Waals surface area (Å²) in [6.45, 7) is 4.65. The van der Waals surface area contributed by atoms with Crippen LogP contribution in [0, 0.1) is 6.92 Å². The molecule has 100 valence electrons. The zero-order valence-corrected chi connectivity index (χ0v) is 12.8. The number of hydrogen-bond donors (Lipinski definition) is 1. The number of hydrogen-bond acceptors (Lipinski definition) is 5. The minimum atomic E-state index is 0.487. The highest BCUT2D eigenvalue weighted by Gasteiger charge is 2.11. The van der Waals surface area contributed by atoms with Crippen LogP contribution in [0.15, 0.2) is 28.6 Å². The molecule has 1 N–H and O–H groups in total. The van der Waals surface area contributed by atoms with Crippen LogP contribution in [0.5, 0.6) is 0 Å². The monoisotopic (exact) mass is 314 g/mol. The molecule has 0 saturated carbocycles. The van der Waals surface area contributed by atoms with Gasteiger partial charge < -0.3 is 5.32 Å². The van der Waals surface area contributed by atoms with Gasteiger partial charge in [0.1, 0.15) is 10.8 Å². The van der Waals surface area contributed by atoms with Crippen molar-refractivity contribution >= 4 is 40.8 Å². The van der Waals surface area contributed by atoms with E-state index in [0.717, 1.165) is 12.1 Å². The van der Waals surface area contributed by atoms with Crippen LogP contribution < -0.4 is 5.32 Å². The van der Waals surface area contributed by atoms with Crippen molar-refractivity contribution in [3.8, 4) is 0 Å². The van der Waals surface area contributed by atoms with Gasteiger partial charge in [0.15, 0.2) is 5.16 Å². The Morgan fingerprint density at radius 3 is 2.53 bits per heavy atom. The van der Waals surface area contributed by atoms with Crippen molar-refractivity contribution in [3.05, 3.63) is 34.1 Å². The number of pyridine rings is 1. The number of anilines is 1. The van der Waals surface area contributed by atoms with E-state index in [-0.39, 0.29) is 0 Å². The summed E-state index contributed by atoms with van der Waals surface area (Å²) in [5.41, 5.74) is 1.01. The smallest absolute Gasteiger partial charge is 0.193 e. The van der Waals surface area contributed by atoms with E-state index >= 15 is 0 Å². The van der Waals surface area contributed by atoms with Crippen molar-refractivity contribution in [1.82, 2.24) is 15.0 Å². The first-order valence-electron chi connectivity index (χ1n) is 5.66. The van der Waals surface area contributed by atoms with E-state index < -0.39 is 0 Å². The summed E-state index contributed by atoms with van der Waals surface area (Å²) in [6.07, 6.45) is 3.51. The van der Waals surface area contributed by atoms with E-state index in [9.17, 15) is 0 Å². The number of aromatic nitrogens is 3. The van der Waals surface area contributed by atoms with Crippen molar-refractivity contribution in [2.24, 2.45) is 0 Å². The number of halogens is 2. The third kappa shape index (κ3) is 3.72. The molecule has 0 radical (unpaired) electrons. The normalized spacial score (nSPS) is 10.5. The van der Waals surface area contributed by atoms with Crippen LogP contribution in [0.2, 0.25) is 10.0 Å². The zero-order valence-electron chi connectivity index (χ0n) is 10.4. The molecular weight excluding hydrogens is 303 g/mol. The van der Waals surface area contributed by atoms with Crippen LogP contribution in [-0.2, 0) is 0 Å². The molecule has 0 aliphatic heterocycles. The summed E-state index contributed by atoms with van der Waals surface area (Å²) < 4.78 is 0. The second-order valence-corrected chi connectivity index (χ2v) is 5.55. The maximum Gasteiger partial charge on any atom is 0.193 e. The van der Waals surface area contributed by atoms with Gasteiger partial charge in [-0.15, -0.1) is 0 Å². The van der Waals surface area contributed by atoms with Gasteiger partial charge in [0.25, 0.3) is 0 Å². The van der Waals surface area contributed by atoms with E-state index in [1.165, 1.54) is 11.8 Å². The van der Waals surface area contributed by atoms with Crippen LogP contribution in [0.4, 0.5) is 5.82 Å². The molecule has 0 spiro atoms. The lowest BCUT2D eigenvalue weighted by Crippen LogP contribution is -2.01. The molecule has 19 heavy (non-hydrogen) atoms. The van der Waals surface area contributed by atoms with Gasteiger partial charge >= 0.3 is 0 Å². The van der Waals surface area contributed by atoms with Crippen LogP contribution in [0.25, 0.3) is 0 Å². The van der Waals surface area contributed by atoms with Crippen molar-refractivity contribution in [2.45, 2.75) is 24.0 Å². The Morgan fingerprint density at radius 2 is 1.89 bits per heavy atom. The van der Waals surface area contributed by atoms with Gasteiger partial charge in [0.2, 0.25) is 0 Å². The van der Waals surface area contributed by atoms with Gasteiger partial charge in [-0.25, -0.2) is 15.0 Å². The predicted molar refractivity (Wildman–Crippen MR) is 79.3 cm³/mol. The van der Waals surface area contributed by atoms with E-state index in [4.69, 9.17) is 23.2 Å².